The summed E-state index contributed by atoms with van der Waals surface area (Å²) in [5.41, 5.74) is -0.295. The van der Waals surface area contributed by atoms with Gasteiger partial charge in [0.1, 0.15) is 4.60 Å². The van der Waals surface area contributed by atoms with E-state index in [2.05, 4.69) is 36.8 Å². The Bertz CT molecular complexity index is 549. The van der Waals surface area contributed by atoms with Crippen molar-refractivity contribution >= 4 is 31.9 Å². The van der Waals surface area contributed by atoms with E-state index >= 15 is 0 Å². The van der Waals surface area contributed by atoms with E-state index in [4.69, 9.17) is 0 Å². The molecule has 0 atom stereocenters. The number of benzene rings is 1. The molecule has 2 aromatic rings. The molecule has 2 rings (SSSR count). The molecular weight excluding hydrogens is 365 g/mol. The number of nitrogens with zero attached hydrogens (tertiary/aromatic N) is 2. The van der Waals surface area contributed by atoms with Gasteiger partial charge in [-0.3, -0.25) is 4.57 Å². The molecule has 0 amide bonds. The quantitative estimate of drug-likeness (QED) is 0.727. The molecule has 0 bridgehead atoms. The van der Waals surface area contributed by atoms with E-state index in [9.17, 15) is 13.2 Å². The maximum atomic E-state index is 12.5. The van der Waals surface area contributed by atoms with E-state index in [1.165, 1.54) is 10.6 Å². The van der Waals surface area contributed by atoms with Crippen molar-refractivity contribution in [2.24, 2.45) is 0 Å². The van der Waals surface area contributed by atoms with Crippen LogP contribution in [0.5, 0.6) is 0 Å². The lowest BCUT2D eigenvalue weighted by molar-refractivity contribution is -0.137. The average molecular weight is 370 g/mol. The van der Waals surface area contributed by atoms with Crippen molar-refractivity contribution < 1.29 is 13.2 Å². The zero-order valence-electron chi connectivity index (χ0n) is 8.17. The standard InChI is InChI=1S/C10H5Br2F3N2/c11-8-5-17(9(12)16-8)7-3-1-2-6(4-7)10(13,14)15/h1-5H. The Labute approximate surface area is 112 Å². The van der Waals surface area contributed by atoms with E-state index in [0.29, 0.717) is 15.0 Å². The predicted octanol–water partition coefficient (Wildman–Crippen LogP) is 4.42. The van der Waals surface area contributed by atoms with Gasteiger partial charge in [-0.05, 0) is 50.1 Å². The van der Waals surface area contributed by atoms with E-state index in [1.54, 1.807) is 12.3 Å². The van der Waals surface area contributed by atoms with Crippen LogP contribution in [-0.4, -0.2) is 9.55 Å². The summed E-state index contributed by atoms with van der Waals surface area (Å²) in [5, 5.41) is 0. The number of halogens is 5. The molecule has 7 heteroatoms. The second kappa shape index (κ2) is 4.45. The fourth-order valence-corrected chi connectivity index (χ4v) is 2.45. The minimum atomic E-state index is -4.35. The van der Waals surface area contributed by atoms with Gasteiger partial charge < -0.3 is 0 Å². The third-order valence-electron chi connectivity index (χ3n) is 2.09. The molecule has 0 unspecified atom stereocenters. The number of rotatable bonds is 1. The first-order valence-electron chi connectivity index (χ1n) is 4.46. The first kappa shape index (κ1) is 12.6. The lowest BCUT2D eigenvalue weighted by Crippen LogP contribution is -2.05. The highest BCUT2D eigenvalue weighted by Crippen LogP contribution is 2.31. The van der Waals surface area contributed by atoms with Gasteiger partial charge in [-0.25, -0.2) is 4.98 Å². The molecule has 0 saturated heterocycles. The molecule has 17 heavy (non-hydrogen) atoms. The van der Waals surface area contributed by atoms with Gasteiger partial charge in [0.2, 0.25) is 0 Å². The van der Waals surface area contributed by atoms with Crippen molar-refractivity contribution in [3.05, 3.63) is 45.4 Å². The fourth-order valence-electron chi connectivity index (χ4n) is 1.34. The van der Waals surface area contributed by atoms with Crippen molar-refractivity contribution in [1.82, 2.24) is 9.55 Å². The van der Waals surface area contributed by atoms with Gasteiger partial charge in [-0.15, -0.1) is 0 Å². The molecule has 0 saturated carbocycles. The topological polar surface area (TPSA) is 17.8 Å². The highest BCUT2D eigenvalue weighted by atomic mass is 79.9. The van der Waals surface area contributed by atoms with Crippen LogP contribution in [0.3, 0.4) is 0 Å². The number of imidazole rings is 1. The summed E-state index contributed by atoms with van der Waals surface area (Å²) in [6, 6.07) is 5.04. The van der Waals surface area contributed by atoms with Crippen LogP contribution < -0.4 is 0 Å². The maximum absolute atomic E-state index is 12.5. The molecule has 0 aliphatic rings. The van der Waals surface area contributed by atoms with Gasteiger partial charge in [0, 0.05) is 11.9 Å². The molecule has 1 heterocycles. The summed E-state index contributed by atoms with van der Waals surface area (Å²) in [7, 11) is 0. The Morgan fingerprint density at radius 3 is 2.41 bits per heavy atom. The zero-order valence-corrected chi connectivity index (χ0v) is 11.3. The van der Waals surface area contributed by atoms with Gasteiger partial charge in [-0.2, -0.15) is 13.2 Å². The summed E-state index contributed by atoms with van der Waals surface area (Å²) < 4.78 is 40.1. The summed E-state index contributed by atoms with van der Waals surface area (Å²) in [6.07, 6.45) is -2.76. The van der Waals surface area contributed by atoms with Crippen molar-refractivity contribution in [2.75, 3.05) is 0 Å². The van der Waals surface area contributed by atoms with Gasteiger partial charge in [0.15, 0.2) is 4.73 Å². The minimum absolute atomic E-state index is 0.393. The van der Waals surface area contributed by atoms with Crippen molar-refractivity contribution in [3.8, 4) is 5.69 Å². The number of hydrogen-bond acceptors (Lipinski definition) is 1. The molecule has 1 aromatic heterocycles. The third-order valence-corrected chi connectivity index (χ3v) is 3.03. The molecule has 0 N–H and O–H groups in total. The van der Waals surface area contributed by atoms with Gasteiger partial charge >= 0.3 is 6.18 Å². The predicted molar refractivity (Wildman–Crippen MR) is 64.0 cm³/mol. The molecule has 0 radical (unpaired) electrons. The largest absolute Gasteiger partial charge is 0.416 e. The van der Waals surface area contributed by atoms with E-state index in [-0.39, 0.29) is 0 Å². The Morgan fingerprint density at radius 1 is 1.18 bits per heavy atom. The average Bonchev–Trinajstić information content (AvgIpc) is 2.57. The van der Waals surface area contributed by atoms with Crippen LogP contribution in [0.15, 0.2) is 39.8 Å². The Hall–Kier alpha value is -0.820. The Balaban J connectivity index is 2.50. The van der Waals surface area contributed by atoms with Gasteiger partial charge in [-0.1, -0.05) is 6.07 Å². The van der Waals surface area contributed by atoms with Crippen LogP contribution in [0, 0.1) is 0 Å². The van der Waals surface area contributed by atoms with Crippen molar-refractivity contribution in [3.63, 3.8) is 0 Å². The second-order valence-electron chi connectivity index (χ2n) is 3.25. The molecule has 1 aromatic carbocycles. The van der Waals surface area contributed by atoms with Gasteiger partial charge in [0.25, 0.3) is 0 Å². The summed E-state index contributed by atoms with van der Waals surface area (Å²) in [5.74, 6) is 0. The number of hydrogen-bond donors (Lipinski definition) is 0. The smallest absolute Gasteiger partial charge is 0.293 e. The molecule has 0 fully saturated rings. The first-order valence-corrected chi connectivity index (χ1v) is 6.04. The normalized spacial score (nSPS) is 11.8. The van der Waals surface area contributed by atoms with Crippen LogP contribution in [0.25, 0.3) is 5.69 Å². The summed E-state index contributed by atoms with van der Waals surface area (Å²) >= 11 is 6.32. The van der Waals surface area contributed by atoms with Crippen LogP contribution in [-0.2, 0) is 6.18 Å². The number of alkyl halides is 3. The van der Waals surface area contributed by atoms with E-state index in [0.717, 1.165) is 12.1 Å². The zero-order chi connectivity index (χ0) is 12.6. The monoisotopic (exact) mass is 368 g/mol. The van der Waals surface area contributed by atoms with Gasteiger partial charge in [0.05, 0.1) is 5.56 Å². The Kier molecular flexibility index (Phi) is 3.31. The minimum Gasteiger partial charge on any atom is -0.293 e. The molecule has 2 nitrogen and oxygen atoms in total. The fraction of sp³-hybridized carbons (Fsp3) is 0.100. The van der Waals surface area contributed by atoms with E-state index in [1.807, 2.05) is 0 Å². The number of aromatic nitrogens is 2. The lowest BCUT2D eigenvalue weighted by atomic mass is 10.2. The lowest BCUT2D eigenvalue weighted by Gasteiger charge is -2.09. The van der Waals surface area contributed by atoms with Crippen LogP contribution >= 0.6 is 31.9 Å². The second-order valence-corrected chi connectivity index (χ2v) is 4.77. The third kappa shape index (κ3) is 2.71. The molecule has 0 aliphatic carbocycles. The SMILES string of the molecule is FC(F)(F)c1cccc(-n2cc(Br)nc2Br)c1. The maximum Gasteiger partial charge on any atom is 0.416 e. The molecule has 0 spiro atoms. The highest BCUT2D eigenvalue weighted by molar-refractivity contribution is 9.11. The van der Waals surface area contributed by atoms with Crippen molar-refractivity contribution in [2.45, 2.75) is 6.18 Å². The first-order chi connectivity index (χ1) is 7.88. The molecular formula is C10H5Br2F3N2. The van der Waals surface area contributed by atoms with Crippen molar-refractivity contribution in [1.29, 1.82) is 0 Å². The van der Waals surface area contributed by atoms with E-state index < -0.39 is 11.7 Å². The molecule has 90 valence electrons. The molecule has 0 aliphatic heterocycles. The highest BCUT2D eigenvalue weighted by Gasteiger charge is 2.30. The summed E-state index contributed by atoms with van der Waals surface area (Å²) in [4.78, 5) is 3.99. The van der Waals surface area contributed by atoms with Crippen LogP contribution in [0.4, 0.5) is 13.2 Å². The van der Waals surface area contributed by atoms with Crippen LogP contribution in [0.1, 0.15) is 5.56 Å². The summed E-state index contributed by atoms with van der Waals surface area (Å²) in [6.45, 7) is 0. The Morgan fingerprint density at radius 2 is 1.88 bits per heavy atom. The van der Waals surface area contributed by atoms with Crippen LogP contribution in [0.2, 0.25) is 0 Å².